The van der Waals surface area contributed by atoms with Crippen LogP contribution in [0, 0.1) is 18.6 Å². The van der Waals surface area contributed by atoms with Gasteiger partial charge in [-0.25, -0.2) is 18.7 Å². The summed E-state index contributed by atoms with van der Waals surface area (Å²) in [5.74, 6) is -1.61. The van der Waals surface area contributed by atoms with Crippen LogP contribution in [0.5, 0.6) is 0 Å². The van der Waals surface area contributed by atoms with Gasteiger partial charge in [0.15, 0.2) is 12.1 Å². The number of halogens is 3. The zero-order valence-electron chi connectivity index (χ0n) is 9.75. The van der Waals surface area contributed by atoms with E-state index in [0.29, 0.717) is 6.29 Å². The highest BCUT2D eigenvalue weighted by atomic mass is 35.5. The fourth-order valence-electron chi connectivity index (χ4n) is 1.47. The first-order valence-electron chi connectivity index (χ1n) is 5.22. The van der Waals surface area contributed by atoms with Gasteiger partial charge in [-0.3, -0.25) is 4.79 Å². The number of carbonyl (C=O) groups excluding carboxylic acids is 1. The van der Waals surface area contributed by atoms with Crippen molar-refractivity contribution in [2.45, 2.75) is 6.92 Å². The Bertz CT molecular complexity index is 649. The lowest BCUT2D eigenvalue weighted by Crippen LogP contribution is -2.04. The topological polar surface area (TPSA) is 54.9 Å². The fourth-order valence-corrected chi connectivity index (χ4v) is 1.65. The van der Waals surface area contributed by atoms with Crippen LogP contribution in [0.4, 0.5) is 20.3 Å². The lowest BCUT2D eigenvalue weighted by Gasteiger charge is -2.11. The van der Waals surface area contributed by atoms with Gasteiger partial charge in [-0.15, -0.1) is 0 Å². The molecule has 0 saturated heterocycles. The summed E-state index contributed by atoms with van der Waals surface area (Å²) in [6.45, 7) is 1.49. The molecule has 0 aliphatic heterocycles. The van der Waals surface area contributed by atoms with Gasteiger partial charge >= 0.3 is 0 Å². The summed E-state index contributed by atoms with van der Waals surface area (Å²) >= 11 is 5.70. The molecular formula is C12H8ClF2N3O. The van der Waals surface area contributed by atoms with E-state index >= 15 is 0 Å². The molecule has 0 fully saturated rings. The van der Waals surface area contributed by atoms with Crippen molar-refractivity contribution in [1.82, 2.24) is 9.97 Å². The summed E-state index contributed by atoms with van der Waals surface area (Å²) in [6, 6.07) is 2.42. The number of nitrogens with zero attached hydrogens (tertiary/aromatic N) is 2. The molecule has 4 nitrogen and oxygen atoms in total. The molecule has 0 unspecified atom stereocenters. The maximum atomic E-state index is 13.8. The van der Waals surface area contributed by atoms with Crippen LogP contribution in [-0.4, -0.2) is 16.3 Å². The molecule has 19 heavy (non-hydrogen) atoms. The number of aromatic nitrogens is 2. The Labute approximate surface area is 112 Å². The highest BCUT2D eigenvalue weighted by Gasteiger charge is 2.15. The first-order chi connectivity index (χ1) is 9.04. The van der Waals surface area contributed by atoms with Crippen LogP contribution in [0.25, 0.3) is 0 Å². The second-order valence-electron chi connectivity index (χ2n) is 3.72. The van der Waals surface area contributed by atoms with E-state index in [0.717, 1.165) is 12.4 Å². The minimum Gasteiger partial charge on any atom is -0.335 e. The van der Waals surface area contributed by atoms with E-state index in [1.807, 2.05) is 0 Å². The van der Waals surface area contributed by atoms with Gasteiger partial charge < -0.3 is 5.32 Å². The van der Waals surface area contributed by atoms with Crippen LogP contribution in [0.15, 0.2) is 18.5 Å². The summed E-state index contributed by atoms with van der Waals surface area (Å²) in [4.78, 5) is 18.2. The van der Waals surface area contributed by atoms with Gasteiger partial charge in [-0.1, -0.05) is 17.7 Å². The molecule has 0 radical (unpaired) electrons. The van der Waals surface area contributed by atoms with E-state index < -0.39 is 17.3 Å². The predicted octanol–water partition coefficient (Wildman–Crippen LogP) is 3.27. The van der Waals surface area contributed by atoms with Gasteiger partial charge in [-0.2, -0.15) is 0 Å². The molecule has 1 heterocycles. The summed E-state index contributed by atoms with van der Waals surface area (Å²) in [5.41, 5.74) is -0.195. The van der Waals surface area contributed by atoms with Gasteiger partial charge in [0.2, 0.25) is 0 Å². The third-order valence-corrected chi connectivity index (χ3v) is 2.78. The quantitative estimate of drug-likeness (QED) is 0.694. The van der Waals surface area contributed by atoms with Crippen molar-refractivity contribution in [3.05, 3.63) is 46.4 Å². The minimum absolute atomic E-state index is 0.0570. The van der Waals surface area contributed by atoms with Crippen molar-refractivity contribution in [2.24, 2.45) is 0 Å². The molecule has 2 aromatic rings. The molecule has 2 rings (SSSR count). The molecule has 0 amide bonds. The van der Waals surface area contributed by atoms with Gasteiger partial charge in [0, 0.05) is 0 Å². The minimum atomic E-state index is -0.797. The number of aldehydes is 1. The number of carbonyl (C=O) groups is 1. The van der Waals surface area contributed by atoms with Gasteiger partial charge in [0.05, 0.1) is 5.56 Å². The zero-order valence-corrected chi connectivity index (χ0v) is 10.5. The molecule has 0 spiro atoms. The molecule has 98 valence electrons. The normalized spacial score (nSPS) is 10.3. The molecule has 1 N–H and O–H groups in total. The number of aryl methyl sites for hydroxylation is 1. The second kappa shape index (κ2) is 5.27. The van der Waals surface area contributed by atoms with Crippen LogP contribution >= 0.6 is 11.6 Å². The number of anilines is 2. The molecule has 1 aromatic carbocycles. The number of rotatable bonds is 3. The van der Waals surface area contributed by atoms with Crippen LogP contribution < -0.4 is 5.32 Å². The van der Waals surface area contributed by atoms with Crippen LogP contribution in [0.1, 0.15) is 15.9 Å². The van der Waals surface area contributed by atoms with Crippen molar-refractivity contribution >= 4 is 29.4 Å². The SMILES string of the molecule is Cc1ccc(F)c(Nc2ncnc(Cl)c2C=O)c1F. The highest BCUT2D eigenvalue weighted by molar-refractivity contribution is 6.32. The predicted molar refractivity (Wildman–Crippen MR) is 66.8 cm³/mol. The third kappa shape index (κ3) is 2.53. The van der Waals surface area contributed by atoms with Gasteiger partial charge in [-0.05, 0) is 18.6 Å². The van der Waals surface area contributed by atoms with Crippen molar-refractivity contribution in [3.8, 4) is 0 Å². The average molecular weight is 284 g/mol. The lowest BCUT2D eigenvalue weighted by atomic mass is 10.2. The second-order valence-corrected chi connectivity index (χ2v) is 4.08. The summed E-state index contributed by atoms with van der Waals surface area (Å²) in [5, 5.41) is 2.33. The standard InChI is InChI=1S/C12H8ClF2N3O/c1-6-2-3-8(14)10(9(6)15)18-12-7(4-19)11(13)16-5-17-12/h2-5H,1H3,(H,16,17,18). The van der Waals surface area contributed by atoms with Crippen molar-refractivity contribution in [2.75, 3.05) is 5.32 Å². The Balaban J connectivity index is 2.51. The van der Waals surface area contributed by atoms with Crippen molar-refractivity contribution in [3.63, 3.8) is 0 Å². The molecule has 0 aliphatic carbocycles. The molecule has 0 saturated carbocycles. The Hall–Kier alpha value is -2.08. The first-order valence-corrected chi connectivity index (χ1v) is 5.59. The molecule has 0 atom stereocenters. The molecule has 7 heteroatoms. The number of hydrogen-bond acceptors (Lipinski definition) is 4. The lowest BCUT2D eigenvalue weighted by molar-refractivity contribution is 0.112. The van der Waals surface area contributed by atoms with Gasteiger partial charge in [0.1, 0.15) is 28.8 Å². The molecule has 1 aromatic heterocycles. The largest absolute Gasteiger partial charge is 0.335 e. The van der Waals surface area contributed by atoms with E-state index in [1.54, 1.807) is 0 Å². The summed E-state index contributed by atoms with van der Waals surface area (Å²) < 4.78 is 27.4. The Morgan fingerprint density at radius 3 is 2.74 bits per heavy atom. The maximum Gasteiger partial charge on any atom is 0.156 e. The number of hydrogen-bond donors (Lipinski definition) is 1. The summed E-state index contributed by atoms with van der Waals surface area (Å²) in [6.07, 6.45) is 1.50. The Kier molecular flexibility index (Phi) is 3.71. The molecule has 0 bridgehead atoms. The monoisotopic (exact) mass is 283 g/mol. The van der Waals surface area contributed by atoms with E-state index in [1.165, 1.54) is 13.0 Å². The first kappa shape index (κ1) is 13.4. The Morgan fingerprint density at radius 2 is 2.05 bits per heavy atom. The average Bonchev–Trinajstić information content (AvgIpc) is 2.39. The van der Waals surface area contributed by atoms with E-state index in [2.05, 4.69) is 15.3 Å². The van der Waals surface area contributed by atoms with E-state index in [-0.39, 0.29) is 22.1 Å². The van der Waals surface area contributed by atoms with Crippen LogP contribution in [0.3, 0.4) is 0 Å². The zero-order chi connectivity index (χ0) is 14.0. The van der Waals surface area contributed by atoms with Crippen LogP contribution in [-0.2, 0) is 0 Å². The molecular weight excluding hydrogens is 276 g/mol. The number of benzene rings is 1. The van der Waals surface area contributed by atoms with E-state index in [9.17, 15) is 13.6 Å². The van der Waals surface area contributed by atoms with Crippen LogP contribution in [0.2, 0.25) is 5.15 Å². The summed E-state index contributed by atoms with van der Waals surface area (Å²) in [7, 11) is 0. The number of nitrogens with one attached hydrogen (secondary N) is 1. The van der Waals surface area contributed by atoms with E-state index in [4.69, 9.17) is 11.6 Å². The van der Waals surface area contributed by atoms with Gasteiger partial charge in [0.25, 0.3) is 0 Å². The Morgan fingerprint density at radius 1 is 1.32 bits per heavy atom. The smallest absolute Gasteiger partial charge is 0.156 e. The fraction of sp³-hybridized carbons (Fsp3) is 0.0833. The van der Waals surface area contributed by atoms with Crippen molar-refractivity contribution in [1.29, 1.82) is 0 Å². The maximum absolute atomic E-state index is 13.8. The molecule has 0 aliphatic rings. The third-order valence-electron chi connectivity index (χ3n) is 2.48. The highest BCUT2D eigenvalue weighted by Crippen LogP contribution is 2.27. The van der Waals surface area contributed by atoms with Crippen molar-refractivity contribution < 1.29 is 13.6 Å².